The Labute approximate surface area is 162 Å². The predicted molar refractivity (Wildman–Crippen MR) is 103 cm³/mol. The van der Waals surface area contributed by atoms with Gasteiger partial charge in [0.15, 0.2) is 5.82 Å². The van der Waals surface area contributed by atoms with E-state index in [1.165, 1.54) is 0 Å². The molecule has 2 aliphatic carbocycles. The van der Waals surface area contributed by atoms with Crippen LogP contribution in [0.15, 0.2) is 18.2 Å². The minimum atomic E-state index is -1.07. The Morgan fingerprint density at radius 2 is 1.86 bits per heavy atom. The van der Waals surface area contributed by atoms with Crippen molar-refractivity contribution >= 4 is 34.4 Å². The number of hydrogen-bond donors (Lipinski definition) is 2. The molecule has 7 nitrogen and oxygen atoms in total. The van der Waals surface area contributed by atoms with Crippen molar-refractivity contribution in [2.45, 2.75) is 57.7 Å². The lowest BCUT2D eigenvalue weighted by Gasteiger charge is -2.20. The van der Waals surface area contributed by atoms with Crippen molar-refractivity contribution in [3.05, 3.63) is 23.8 Å². The van der Waals surface area contributed by atoms with Crippen molar-refractivity contribution in [1.82, 2.24) is 10.2 Å². The van der Waals surface area contributed by atoms with Gasteiger partial charge in [-0.25, -0.2) is 9.18 Å². The summed E-state index contributed by atoms with van der Waals surface area (Å²) in [7, 11) is 0. The number of alkyl halides is 1. The number of carbonyl (C=O) groups is 2. The second kappa shape index (κ2) is 6.68. The number of nitrogens with zero attached hydrogens (tertiary/aromatic N) is 2. The number of ether oxygens (including phenoxy) is 1. The van der Waals surface area contributed by atoms with Gasteiger partial charge in [0, 0.05) is 5.39 Å². The first-order chi connectivity index (χ1) is 13.2. The van der Waals surface area contributed by atoms with Crippen LogP contribution >= 0.6 is 0 Å². The van der Waals surface area contributed by atoms with Gasteiger partial charge in [-0.1, -0.05) is 0 Å². The highest BCUT2D eigenvalue weighted by Gasteiger charge is 2.43. The summed E-state index contributed by atoms with van der Waals surface area (Å²) in [6.45, 7) is 5.38. The van der Waals surface area contributed by atoms with Crippen molar-refractivity contribution in [2.24, 2.45) is 5.92 Å². The second-order valence-corrected chi connectivity index (χ2v) is 8.48. The first kappa shape index (κ1) is 18.6. The number of carbonyl (C=O) groups excluding carboxylic acids is 2. The number of benzene rings is 1. The number of rotatable bonds is 4. The molecule has 0 bridgehead atoms. The Hall–Kier alpha value is -2.77. The lowest BCUT2D eigenvalue weighted by molar-refractivity contribution is -0.117. The molecule has 2 amide bonds. The van der Waals surface area contributed by atoms with Crippen LogP contribution in [0.4, 0.5) is 20.7 Å². The Kier molecular flexibility index (Phi) is 4.44. The van der Waals surface area contributed by atoms with Gasteiger partial charge in [0.25, 0.3) is 0 Å². The number of anilines is 2. The lowest BCUT2D eigenvalue weighted by Crippen LogP contribution is -2.27. The predicted octanol–water partition coefficient (Wildman–Crippen LogP) is 4.15. The molecule has 148 valence electrons. The Bertz CT molecular complexity index is 952. The van der Waals surface area contributed by atoms with Crippen molar-refractivity contribution in [3.8, 4) is 0 Å². The lowest BCUT2D eigenvalue weighted by atomic mass is 10.1. The fourth-order valence-electron chi connectivity index (χ4n) is 3.06. The van der Waals surface area contributed by atoms with Crippen molar-refractivity contribution in [2.75, 3.05) is 10.6 Å². The Morgan fingerprint density at radius 3 is 2.46 bits per heavy atom. The highest BCUT2D eigenvalue weighted by Crippen LogP contribution is 2.42. The number of nitrogens with one attached hydrogen (secondary N) is 2. The van der Waals surface area contributed by atoms with Crippen molar-refractivity contribution in [1.29, 1.82) is 0 Å². The molecule has 1 aromatic heterocycles. The van der Waals surface area contributed by atoms with E-state index >= 15 is 0 Å². The fraction of sp³-hybridized carbons (Fsp3) is 0.500. The van der Waals surface area contributed by atoms with E-state index in [-0.39, 0.29) is 18.1 Å². The number of hydrogen-bond acceptors (Lipinski definition) is 5. The molecule has 4 rings (SSSR count). The molecule has 28 heavy (non-hydrogen) atoms. The van der Waals surface area contributed by atoms with Gasteiger partial charge in [0.1, 0.15) is 17.3 Å². The van der Waals surface area contributed by atoms with Crippen LogP contribution in [0.3, 0.4) is 0 Å². The summed E-state index contributed by atoms with van der Waals surface area (Å²) in [6, 6.07) is 5.59. The van der Waals surface area contributed by atoms with Gasteiger partial charge in [-0.05, 0) is 69.7 Å². The SMILES string of the molecule is CC(C)(C)OC(=O)Nc1cc(C2CC2)cc2cc(NC(=O)C3CC3F)nnc12. The van der Waals surface area contributed by atoms with E-state index in [2.05, 4.69) is 20.8 Å². The van der Waals surface area contributed by atoms with Crippen LogP contribution in [0.1, 0.15) is 51.5 Å². The van der Waals surface area contributed by atoms with Crippen LogP contribution in [0, 0.1) is 5.92 Å². The van der Waals surface area contributed by atoms with Crippen molar-refractivity contribution < 1.29 is 18.7 Å². The van der Waals surface area contributed by atoms with E-state index < -0.39 is 23.8 Å². The highest BCUT2D eigenvalue weighted by molar-refractivity contribution is 6.00. The molecule has 2 unspecified atom stereocenters. The zero-order valence-electron chi connectivity index (χ0n) is 16.1. The summed E-state index contributed by atoms with van der Waals surface area (Å²) >= 11 is 0. The van der Waals surface area contributed by atoms with E-state index in [1.807, 2.05) is 12.1 Å². The van der Waals surface area contributed by atoms with Gasteiger partial charge in [-0.2, -0.15) is 0 Å². The Morgan fingerprint density at radius 1 is 1.14 bits per heavy atom. The molecule has 2 saturated carbocycles. The minimum Gasteiger partial charge on any atom is -0.444 e. The number of aromatic nitrogens is 2. The molecule has 0 saturated heterocycles. The minimum absolute atomic E-state index is 0.253. The molecule has 2 N–H and O–H groups in total. The molecule has 1 aromatic carbocycles. The molecule has 8 heteroatoms. The van der Waals surface area contributed by atoms with E-state index in [0.29, 0.717) is 17.1 Å². The average molecular weight is 386 g/mol. The third-order valence-electron chi connectivity index (χ3n) is 4.70. The second-order valence-electron chi connectivity index (χ2n) is 8.48. The Balaban J connectivity index is 1.62. The molecule has 1 heterocycles. The number of amides is 2. The molecule has 2 aliphatic rings. The molecule has 2 fully saturated rings. The standard InChI is InChI=1S/C20H23FN4O3/c1-20(2,3)28-19(27)22-15-7-11(10-4-5-10)6-12-8-16(24-25-17(12)15)23-18(26)13-9-14(13)21/h6-8,10,13-14H,4-5,9H2,1-3H3,(H,22,27)(H,23,24,26). The molecule has 2 atom stereocenters. The van der Waals surface area contributed by atoms with Crippen LogP contribution in [-0.4, -0.2) is 34.0 Å². The van der Waals surface area contributed by atoms with E-state index in [0.717, 1.165) is 23.8 Å². The number of halogens is 1. The van der Waals surface area contributed by atoms with Gasteiger partial charge in [-0.3, -0.25) is 10.1 Å². The van der Waals surface area contributed by atoms with Crippen molar-refractivity contribution in [3.63, 3.8) is 0 Å². The summed E-state index contributed by atoms with van der Waals surface area (Å²) in [6.07, 6.45) is 0.809. The van der Waals surface area contributed by atoms with E-state index in [1.54, 1.807) is 26.8 Å². The highest BCUT2D eigenvalue weighted by atomic mass is 19.1. The molecular weight excluding hydrogens is 363 g/mol. The summed E-state index contributed by atoms with van der Waals surface area (Å²) in [5.74, 6) is -0.257. The van der Waals surface area contributed by atoms with Crippen LogP contribution in [-0.2, 0) is 9.53 Å². The maximum absolute atomic E-state index is 13.1. The van der Waals surface area contributed by atoms with E-state index in [9.17, 15) is 14.0 Å². The summed E-state index contributed by atoms with van der Waals surface area (Å²) < 4.78 is 18.4. The molecule has 0 aliphatic heterocycles. The molecule has 0 radical (unpaired) electrons. The van der Waals surface area contributed by atoms with Gasteiger partial charge < -0.3 is 10.1 Å². The number of fused-ring (bicyclic) bond motifs is 1. The monoisotopic (exact) mass is 386 g/mol. The fourth-order valence-corrected chi connectivity index (χ4v) is 3.06. The first-order valence-corrected chi connectivity index (χ1v) is 9.46. The summed E-state index contributed by atoms with van der Waals surface area (Å²) in [5, 5.41) is 14.3. The third-order valence-corrected chi connectivity index (χ3v) is 4.70. The van der Waals surface area contributed by atoms with Gasteiger partial charge in [0.2, 0.25) is 5.91 Å². The smallest absolute Gasteiger partial charge is 0.412 e. The zero-order chi connectivity index (χ0) is 20.1. The summed E-state index contributed by atoms with van der Waals surface area (Å²) in [4.78, 5) is 24.2. The quantitative estimate of drug-likeness (QED) is 0.823. The van der Waals surface area contributed by atoms with Crippen LogP contribution in [0.2, 0.25) is 0 Å². The van der Waals surface area contributed by atoms with Gasteiger partial charge in [-0.15, -0.1) is 10.2 Å². The normalized spacial score (nSPS) is 21.3. The maximum Gasteiger partial charge on any atom is 0.412 e. The zero-order valence-corrected chi connectivity index (χ0v) is 16.1. The van der Waals surface area contributed by atoms with E-state index in [4.69, 9.17) is 4.74 Å². The average Bonchev–Trinajstić information content (AvgIpc) is 3.48. The van der Waals surface area contributed by atoms with Crippen LogP contribution < -0.4 is 10.6 Å². The largest absolute Gasteiger partial charge is 0.444 e. The molecule has 2 aromatic rings. The topological polar surface area (TPSA) is 93.2 Å². The van der Waals surface area contributed by atoms with Crippen LogP contribution in [0.5, 0.6) is 0 Å². The first-order valence-electron chi connectivity index (χ1n) is 9.46. The third kappa shape index (κ3) is 4.21. The molecule has 0 spiro atoms. The molecular formula is C20H23FN4O3. The summed E-state index contributed by atoms with van der Waals surface area (Å²) in [5.41, 5.74) is 1.50. The van der Waals surface area contributed by atoms with Gasteiger partial charge in [0.05, 0.1) is 11.6 Å². The van der Waals surface area contributed by atoms with Crippen LogP contribution in [0.25, 0.3) is 10.9 Å². The van der Waals surface area contributed by atoms with Gasteiger partial charge >= 0.3 is 6.09 Å². The maximum atomic E-state index is 13.1.